The first-order valence-electron chi connectivity index (χ1n) is 5.35. The molecule has 1 aromatic rings. The first-order chi connectivity index (χ1) is 7.65. The highest BCUT2D eigenvalue weighted by Gasteiger charge is 2.06. The summed E-state index contributed by atoms with van der Waals surface area (Å²) >= 11 is 0. The van der Waals surface area contributed by atoms with Crippen LogP contribution in [-0.4, -0.2) is 43.4 Å². The van der Waals surface area contributed by atoms with Crippen molar-refractivity contribution in [3.63, 3.8) is 0 Å². The average molecular weight is 224 g/mol. The summed E-state index contributed by atoms with van der Waals surface area (Å²) in [5.41, 5.74) is 6.52. The number of methoxy groups -OCH3 is 1. The minimum absolute atomic E-state index is 0.294. The number of aliphatic hydroxyl groups is 1. The maximum atomic E-state index is 9.42. The van der Waals surface area contributed by atoms with Crippen LogP contribution in [0, 0.1) is 0 Å². The zero-order valence-electron chi connectivity index (χ0n) is 9.89. The molecule has 3 N–H and O–H groups in total. The molecule has 0 saturated heterocycles. The summed E-state index contributed by atoms with van der Waals surface area (Å²) in [6.07, 6.45) is -0.462. The fourth-order valence-electron chi connectivity index (χ4n) is 1.58. The maximum Gasteiger partial charge on any atom is 0.119 e. The van der Waals surface area contributed by atoms with Gasteiger partial charge in [0.1, 0.15) is 5.75 Å². The van der Waals surface area contributed by atoms with Crippen LogP contribution in [0.25, 0.3) is 0 Å². The largest absolute Gasteiger partial charge is 0.497 e. The SMILES string of the molecule is COc1cccc(CN(C)CC(O)CN)c1. The van der Waals surface area contributed by atoms with E-state index >= 15 is 0 Å². The maximum absolute atomic E-state index is 9.42. The summed E-state index contributed by atoms with van der Waals surface area (Å²) in [5, 5.41) is 9.42. The predicted molar refractivity (Wildman–Crippen MR) is 64.4 cm³/mol. The van der Waals surface area contributed by atoms with E-state index in [0.717, 1.165) is 17.9 Å². The number of likely N-dealkylation sites (N-methyl/N-ethyl adjacent to an activating group) is 1. The van der Waals surface area contributed by atoms with Crippen LogP contribution < -0.4 is 10.5 Å². The van der Waals surface area contributed by atoms with Crippen molar-refractivity contribution in [3.8, 4) is 5.75 Å². The van der Waals surface area contributed by atoms with Crippen LogP contribution in [0.15, 0.2) is 24.3 Å². The van der Waals surface area contributed by atoms with Crippen molar-refractivity contribution in [2.75, 3.05) is 27.2 Å². The molecule has 4 heteroatoms. The monoisotopic (exact) mass is 224 g/mol. The molecule has 0 aromatic heterocycles. The van der Waals surface area contributed by atoms with E-state index in [1.54, 1.807) is 7.11 Å². The fourth-order valence-corrected chi connectivity index (χ4v) is 1.58. The molecule has 4 nitrogen and oxygen atoms in total. The topological polar surface area (TPSA) is 58.7 Å². The van der Waals surface area contributed by atoms with Gasteiger partial charge >= 0.3 is 0 Å². The lowest BCUT2D eigenvalue weighted by molar-refractivity contribution is 0.129. The Bertz CT molecular complexity index is 318. The van der Waals surface area contributed by atoms with Gasteiger partial charge in [0, 0.05) is 19.6 Å². The van der Waals surface area contributed by atoms with Gasteiger partial charge in [0.25, 0.3) is 0 Å². The molecule has 16 heavy (non-hydrogen) atoms. The first kappa shape index (κ1) is 13.0. The Balaban J connectivity index is 2.51. The Morgan fingerprint density at radius 1 is 1.50 bits per heavy atom. The van der Waals surface area contributed by atoms with Crippen molar-refractivity contribution < 1.29 is 9.84 Å². The van der Waals surface area contributed by atoms with Gasteiger partial charge in [-0.2, -0.15) is 0 Å². The second-order valence-electron chi connectivity index (χ2n) is 3.94. The van der Waals surface area contributed by atoms with Gasteiger partial charge in [-0.15, -0.1) is 0 Å². The number of aliphatic hydroxyl groups excluding tert-OH is 1. The normalized spacial score (nSPS) is 12.8. The van der Waals surface area contributed by atoms with E-state index in [0.29, 0.717) is 13.1 Å². The number of hydrogen-bond acceptors (Lipinski definition) is 4. The molecule has 0 amide bonds. The Morgan fingerprint density at radius 3 is 2.88 bits per heavy atom. The molecule has 0 heterocycles. The molecule has 1 aromatic carbocycles. The molecule has 0 fully saturated rings. The summed E-state index contributed by atoms with van der Waals surface area (Å²) in [6.45, 7) is 1.64. The zero-order valence-corrected chi connectivity index (χ0v) is 9.89. The third-order valence-electron chi connectivity index (χ3n) is 2.38. The summed E-state index contributed by atoms with van der Waals surface area (Å²) in [6, 6.07) is 7.90. The number of rotatable bonds is 6. The van der Waals surface area contributed by atoms with Gasteiger partial charge in [0.15, 0.2) is 0 Å². The van der Waals surface area contributed by atoms with Gasteiger partial charge in [-0.1, -0.05) is 12.1 Å². The van der Waals surface area contributed by atoms with Gasteiger partial charge in [-0.25, -0.2) is 0 Å². The van der Waals surface area contributed by atoms with Crippen molar-refractivity contribution in [2.24, 2.45) is 5.73 Å². The summed E-state index contributed by atoms with van der Waals surface area (Å²) in [5.74, 6) is 0.852. The van der Waals surface area contributed by atoms with Crippen molar-refractivity contribution in [3.05, 3.63) is 29.8 Å². The van der Waals surface area contributed by atoms with E-state index < -0.39 is 6.10 Å². The molecule has 1 rings (SSSR count). The first-order valence-corrected chi connectivity index (χ1v) is 5.35. The lowest BCUT2D eigenvalue weighted by atomic mass is 10.2. The number of hydrogen-bond donors (Lipinski definition) is 2. The highest BCUT2D eigenvalue weighted by atomic mass is 16.5. The average Bonchev–Trinajstić information content (AvgIpc) is 2.28. The summed E-state index contributed by atoms with van der Waals surface area (Å²) in [4.78, 5) is 2.03. The molecule has 0 aliphatic carbocycles. The van der Waals surface area contributed by atoms with Crippen molar-refractivity contribution in [2.45, 2.75) is 12.6 Å². The number of benzene rings is 1. The van der Waals surface area contributed by atoms with E-state index in [1.165, 1.54) is 0 Å². The van der Waals surface area contributed by atoms with Gasteiger partial charge in [0.2, 0.25) is 0 Å². The van der Waals surface area contributed by atoms with Crippen molar-refractivity contribution in [1.29, 1.82) is 0 Å². The highest BCUT2D eigenvalue weighted by Crippen LogP contribution is 2.13. The third kappa shape index (κ3) is 4.18. The Morgan fingerprint density at radius 2 is 2.25 bits per heavy atom. The van der Waals surface area contributed by atoms with E-state index in [2.05, 4.69) is 0 Å². The van der Waals surface area contributed by atoms with E-state index in [-0.39, 0.29) is 0 Å². The molecule has 0 saturated carbocycles. The van der Waals surface area contributed by atoms with Gasteiger partial charge in [0.05, 0.1) is 13.2 Å². The van der Waals surface area contributed by atoms with Crippen LogP contribution in [0.5, 0.6) is 5.75 Å². The minimum atomic E-state index is -0.462. The smallest absolute Gasteiger partial charge is 0.119 e. The number of nitrogens with zero attached hydrogens (tertiary/aromatic N) is 1. The molecule has 0 bridgehead atoms. The van der Waals surface area contributed by atoms with Crippen molar-refractivity contribution in [1.82, 2.24) is 4.90 Å². The van der Waals surface area contributed by atoms with Gasteiger partial charge < -0.3 is 15.6 Å². The van der Waals surface area contributed by atoms with Crippen LogP contribution in [0.4, 0.5) is 0 Å². The number of ether oxygens (including phenoxy) is 1. The Kier molecular flexibility index (Phi) is 5.25. The molecular weight excluding hydrogens is 204 g/mol. The molecule has 0 spiro atoms. The molecular formula is C12H20N2O2. The summed E-state index contributed by atoms with van der Waals surface area (Å²) < 4.78 is 5.15. The predicted octanol–water partition coefficient (Wildman–Crippen LogP) is 0.447. The lowest BCUT2D eigenvalue weighted by Gasteiger charge is -2.19. The third-order valence-corrected chi connectivity index (χ3v) is 2.38. The summed E-state index contributed by atoms with van der Waals surface area (Å²) in [7, 11) is 3.61. The van der Waals surface area contributed by atoms with Crippen LogP contribution in [0.3, 0.4) is 0 Å². The van der Waals surface area contributed by atoms with E-state index in [9.17, 15) is 5.11 Å². The molecule has 1 atom stereocenters. The molecule has 0 aliphatic heterocycles. The number of nitrogens with two attached hydrogens (primary N) is 1. The Hall–Kier alpha value is -1.10. The standard InChI is InChI=1S/C12H20N2O2/c1-14(9-11(15)7-13)8-10-4-3-5-12(6-10)16-2/h3-6,11,15H,7-9,13H2,1-2H3. The Labute approximate surface area is 96.6 Å². The molecule has 0 radical (unpaired) electrons. The van der Waals surface area contributed by atoms with Crippen molar-refractivity contribution >= 4 is 0 Å². The fraction of sp³-hybridized carbons (Fsp3) is 0.500. The van der Waals surface area contributed by atoms with Gasteiger partial charge in [-0.3, -0.25) is 4.90 Å². The van der Waals surface area contributed by atoms with Crippen LogP contribution in [-0.2, 0) is 6.54 Å². The van der Waals surface area contributed by atoms with Crippen LogP contribution in [0.2, 0.25) is 0 Å². The molecule has 1 unspecified atom stereocenters. The quantitative estimate of drug-likeness (QED) is 0.736. The van der Waals surface area contributed by atoms with Crippen LogP contribution >= 0.6 is 0 Å². The zero-order chi connectivity index (χ0) is 12.0. The second kappa shape index (κ2) is 6.48. The van der Waals surface area contributed by atoms with E-state index in [1.807, 2.05) is 36.2 Å². The highest BCUT2D eigenvalue weighted by molar-refractivity contribution is 5.28. The minimum Gasteiger partial charge on any atom is -0.497 e. The van der Waals surface area contributed by atoms with Crippen LogP contribution in [0.1, 0.15) is 5.56 Å². The van der Waals surface area contributed by atoms with Gasteiger partial charge in [-0.05, 0) is 24.7 Å². The lowest BCUT2D eigenvalue weighted by Crippen LogP contribution is -2.33. The molecule has 0 aliphatic rings. The molecule has 90 valence electrons. The van der Waals surface area contributed by atoms with E-state index in [4.69, 9.17) is 10.5 Å². The second-order valence-corrected chi connectivity index (χ2v) is 3.94.